The maximum Gasteiger partial charge on any atom is 0.296 e. The maximum absolute atomic E-state index is 11.7. The molecule has 0 atom stereocenters. The number of thiophene rings is 1. The van der Waals surface area contributed by atoms with E-state index < -0.39 is 12.2 Å². The second-order valence-corrected chi connectivity index (χ2v) is 3.95. The van der Waals surface area contributed by atoms with Gasteiger partial charge in [-0.1, -0.05) is 11.6 Å². The number of rotatable bonds is 3. The first-order valence-electron chi connectivity index (χ1n) is 3.14. The average Bonchev–Trinajstić information content (AvgIpc) is 2.35. The Morgan fingerprint density at radius 3 is 2.67 bits per heavy atom. The summed E-state index contributed by atoms with van der Waals surface area (Å²) in [5.74, 6) is -1.06. The molecular weight excluding hydrogens is 206 g/mol. The van der Waals surface area contributed by atoms with Gasteiger partial charge in [0.25, 0.3) is 6.43 Å². The van der Waals surface area contributed by atoms with Gasteiger partial charge in [-0.3, -0.25) is 4.79 Å². The minimum absolute atomic E-state index is 0.227. The van der Waals surface area contributed by atoms with Crippen molar-refractivity contribution in [1.29, 1.82) is 0 Å². The molecule has 0 bridgehead atoms. The van der Waals surface area contributed by atoms with E-state index in [-0.39, 0.29) is 6.42 Å². The minimum atomic E-state index is -2.88. The molecule has 0 aromatic carbocycles. The van der Waals surface area contributed by atoms with Crippen LogP contribution in [0.1, 0.15) is 4.88 Å². The summed E-state index contributed by atoms with van der Waals surface area (Å²) in [7, 11) is 0. The van der Waals surface area contributed by atoms with E-state index in [0.717, 1.165) is 11.3 Å². The lowest BCUT2D eigenvalue weighted by molar-refractivity contribution is -0.128. The number of carbonyl (C=O) groups is 1. The molecule has 0 saturated heterocycles. The third-order valence-corrected chi connectivity index (χ3v) is 2.45. The predicted octanol–water partition coefficient (Wildman–Crippen LogP) is 2.78. The van der Waals surface area contributed by atoms with Gasteiger partial charge in [-0.2, -0.15) is 0 Å². The Kier molecular flexibility index (Phi) is 3.17. The number of hydrogen-bond acceptors (Lipinski definition) is 2. The van der Waals surface area contributed by atoms with Gasteiger partial charge in [0.05, 0.1) is 4.34 Å². The molecular formula is C7H5ClF2OS. The van der Waals surface area contributed by atoms with Crippen LogP contribution in [0.4, 0.5) is 8.78 Å². The predicted molar refractivity (Wildman–Crippen MR) is 44.0 cm³/mol. The van der Waals surface area contributed by atoms with Gasteiger partial charge in [0, 0.05) is 11.3 Å². The largest absolute Gasteiger partial charge is 0.296 e. The lowest BCUT2D eigenvalue weighted by atomic mass is 10.2. The maximum atomic E-state index is 11.7. The van der Waals surface area contributed by atoms with E-state index >= 15 is 0 Å². The number of alkyl halides is 2. The first kappa shape index (κ1) is 9.61. The van der Waals surface area contributed by atoms with Crippen LogP contribution in [0.15, 0.2) is 12.1 Å². The topological polar surface area (TPSA) is 17.1 Å². The van der Waals surface area contributed by atoms with Crippen molar-refractivity contribution in [2.45, 2.75) is 12.8 Å². The van der Waals surface area contributed by atoms with Crippen LogP contribution in [0.5, 0.6) is 0 Å². The van der Waals surface area contributed by atoms with Crippen LogP contribution >= 0.6 is 22.9 Å². The van der Waals surface area contributed by atoms with Crippen molar-refractivity contribution in [2.75, 3.05) is 0 Å². The normalized spacial score (nSPS) is 10.7. The molecule has 12 heavy (non-hydrogen) atoms. The van der Waals surface area contributed by atoms with E-state index in [1.54, 1.807) is 12.1 Å². The summed E-state index contributed by atoms with van der Waals surface area (Å²) in [4.78, 5) is 11.1. The fourth-order valence-electron chi connectivity index (χ4n) is 0.696. The Bertz CT molecular complexity index is 285. The molecule has 0 N–H and O–H groups in total. The molecule has 0 unspecified atom stereocenters. The van der Waals surface area contributed by atoms with Crippen molar-refractivity contribution < 1.29 is 13.6 Å². The highest BCUT2D eigenvalue weighted by Gasteiger charge is 2.16. The van der Waals surface area contributed by atoms with Crippen molar-refractivity contribution in [1.82, 2.24) is 0 Å². The average molecular weight is 211 g/mol. The van der Waals surface area contributed by atoms with Crippen LogP contribution in [0.25, 0.3) is 0 Å². The zero-order chi connectivity index (χ0) is 9.14. The monoisotopic (exact) mass is 210 g/mol. The molecule has 0 radical (unpaired) electrons. The summed E-state index contributed by atoms with van der Waals surface area (Å²) < 4.78 is 24.0. The van der Waals surface area contributed by atoms with Crippen LogP contribution in [-0.4, -0.2) is 12.2 Å². The smallest absolute Gasteiger partial charge is 0.293 e. The van der Waals surface area contributed by atoms with Crippen molar-refractivity contribution in [2.24, 2.45) is 0 Å². The highest BCUT2D eigenvalue weighted by Crippen LogP contribution is 2.22. The molecule has 0 aliphatic carbocycles. The Labute approximate surface area is 77.0 Å². The number of halogens is 3. The molecule has 0 saturated carbocycles. The lowest BCUT2D eigenvalue weighted by Crippen LogP contribution is -2.11. The van der Waals surface area contributed by atoms with E-state index in [1.165, 1.54) is 0 Å². The van der Waals surface area contributed by atoms with Crippen LogP contribution in [0, 0.1) is 0 Å². The summed E-state index contributed by atoms with van der Waals surface area (Å²) in [6, 6.07) is 3.16. The van der Waals surface area contributed by atoms with Gasteiger partial charge >= 0.3 is 0 Å². The second-order valence-electron chi connectivity index (χ2n) is 2.15. The fraction of sp³-hybridized carbons (Fsp3) is 0.286. The molecule has 0 fully saturated rings. The second kappa shape index (κ2) is 3.96. The Hall–Kier alpha value is -0.480. The van der Waals surface area contributed by atoms with Gasteiger partial charge in [-0.25, -0.2) is 8.78 Å². The van der Waals surface area contributed by atoms with Crippen molar-refractivity contribution in [3.63, 3.8) is 0 Å². The summed E-state index contributed by atoms with van der Waals surface area (Å²) in [5, 5.41) is 0. The lowest BCUT2D eigenvalue weighted by Gasteiger charge is -1.94. The van der Waals surface area contributed by atoms with Gasteiger partial charge in [0.2, 0.25) is 5.78 Å². The standard InChI is InChI=1S/C7H5ClF2OS/c8-6-2-1-4(12-6)3-5(11)7(9)10/h1-2,7H,3H2. The van der Waals surface area contributed by atoms with Crippen molar-refractivity contribution in [3.05, 3.63) is 21.3 Å². The summed E-state index contributed by atoms with van der Waals surface area (Å²) >= 11 is 6.69. The summed E-state index contributed by atoms with van der Waals surface area (Å²) in [6.07, 6.45) is -3.11. The Morgan fingerprint density at radius 1 is 1.58 bits per heavy atom. The van der Waals surface area contributed by atoms with Gasteiger partial charge in [-0.05, 0) is 12.1 Å². The summed E-state index contributed by atoms with van der Waals surface area (Å²) in [6.45, 7) is 0. The van der Waals surface area contributed by atoms with Gasteiger partial charge < -0.3 is 0 Å². The van der Waals surface area contributed by atoms with Crippen LogP contribution in [0.3, 0.4) is 0 Å². The number of hydrogen-bond donors (Lipinski definition) is 0. The van der Waals surface area contributed by atoms with Gasteiger partial charge in [-0.15, -0.1) is 11.3 Å². The molecule has 5 heteroatoms. The van der Waals surface area contributed by atoms with E-state index in [2.05, 4.69) is 0 Å². The molecule has 0 aliphatic heterocycles. The molecule has 0 spiro atoms. The third kappa shape index (κ3) is 2.53. The first-order chi connectivity index (χ1) is 5.59. The quantitative estimate of drug-likeness (QED) is 0.750. The van der Waals surface area contributed by atoms with Gasteiger partial charge in [0.15, 0.2) is 0 Å². The van der Waals surface area contributed by atoms with E-state index in [9.17, 15) is 13.6 Å². The van der Waals surface area contributed by atoms with Crippen LogP contribution in [-0.2, 0) is 11.2 Å². The fourth-order valence-corrected chi connectivity index (χ4v) is 1.79. The molecule has 1 rings (SSSR count). The van der Waals surface area contributed by atoms with Crippen LogP contribution < -0.4 is 0 Å². The molecule has 1 aromatic rings. The Morgan fingerprint density at radius 2 is 2.25 bits per heavy atom. The zero-order valence-electron chi connectivity index (χ0n) is 5.89. The van der Waals surface area contributed by atoms with Crippen molar-refractivity contribution >= 4 is 28.7 Å². The highest BCUT2D eigenvalue weighted by molar-refractivity contribution is 7.16. The SMILES string of the molecule is O=C(Cc1ccc(Cl)s1)C(F)F. The van der Waals surface area contributed by atoms with Crippen molar-refractivity contribution in [3.8, 4) is 0 Å². The first-order valence-corrected chi connectivity index (χ1v) is 4.34. The van der Waals surface area contributed by atoms with E-state index in [4.69, 9.17) is 11.6 Å². The number of ketones is 1. The molecule has 1 heterocycles. The number of Topliss-reactive ketones (excluding diaryl/α,β-unsaturated/α-hetero) is 1. The number of carbonyl (C=O) groups excluding carboxylic acids is 1. The van der Waals surface area contributed by atoms with Gasteiger partial charge in [0.1, 0.15) is 0 Å². The molecule has 66 valence electrons. The molecule has 0 amide bonds. The zero-order valence-corrected chi connectivity index (χ0v) is 7.46. The van der Waals surface area contributed by atoms with E-state index in [0.29, 0.717) is 9.21 Å². The summed E-state index contributed by atoms with van der Waals surface area (Å²) in [5.41, 5.74) is 0. The molecule has 1 aromatic heterocycles. The van der Waals surface area contributed by atoms with Crippen LogP contribution in [0.2, 0.25) is 4.34 Å². The third-order valence-electron chi connectivity index (χ3n) is 1.22. The van der Waals surface area contributed by atoms with E-state index in [1.807, 2.05) is 0 Å². The molecule has 1 nitrogen and oxygen atoms in total. The minimum Gasteiger partial charge on any atom is -0.293 e. The highest BCUT2D eigenvalue weighted by atomic mass is 35.5. The molecule has 0 aliphatic rings. The Balaban J connectivity index is 2.58.